The van der Waals surface area contributed by atoms with Gasteiger partial charge in [-0.3, -0.25) is 4.90 Å². The molecule has 0 radical (unpaired) electrons. The molecule has 126 valence electrons. The summed E-state index contributed by atoms with van der Waals surface area (Å²) in [6.07, 6.45) is 6.51. The Bertz CT molecular complexity index is 532. The van der Waals surface area contributed by atoms with Crippen LogP contribution in [0.3, 0.4) is 0 Å². The number of likely N-dealkylation sites (tertiary alicyclic amines) is 1. The van der Waals surface area contributed by atoms with E-state index in [4.69, 9.17) is 0 Å². The highest BCUT2D eigenvalue weighted by Gasteiger charge is 2.31. The van der Waals surface area contributed by atoms with Crippen LogP contribution in [0.15, 0.2) is 29.7 Å². The summed E-state index contributed by atoms with van der Waals surface area (Å²) < 4.78 is 0. The zero-order valence-corrected chi connectivity index (χ0v) is 14.9. The van der Waals surface area contributed by atoms with Crippen LogP contribution in [0.4, 0.5) is 4.79 Å². The quantitative estimate of drug-likeness (QED) is 0.837. The van der Waals surface area contributed by atoms with Gasteiger partial charge in [-0.05, 0) is 30.2 Å². The first-order valence-electron chi connectivity index (χ1n) is 8.61. The number of hydrogen-bond acceptors (Lipinski definition) is 3. The Hall–Kier alpha value is -1.33. The van der Waals surface area contributed by atoms with Crippen LogP contribution in [-0.2, 0) is 0 Å². The van der Waals surface area contributed by atoms with Gasteiger partial charge in [-0.1, -0.05) is 32.1 Å². The summed E-state index contributed by atoms with van der Waals surface area (Å²) in [5.41, 5.74) is 0. The van der Waals surface area contributed by atoms with Gasteiger partial charge in [0.05, 0.1) is 6.04 Å². The molecule has 3 rings (SSSR count). The number of urea groups is 1. The van der Waals surface area contributed by atoms with Crippen LogP contribution in [0.1, 0.15) is 37.6 Å². The molecule has 2 aliphatic heterocycles. The summed E-state index contributed by atoms with van der Waals surface area (Å²) in [5, 5.41) is 5.35. The molecule has 1 saturated heterocycles. The number of carbonyl (C=O) groups excluding carboxylic acids is 1. The van der Waals surface area contributed by atoms with Gasteiger partial charge < -0.3 is 10.2 Å². The van der Waals surface area contributed by atoms with Gasteiger partial charge >= 0.3 is 6.03 Å². The van der Waals surface area contributed by atoms with Crippen molar-refractivity contribution in [1.82, 2.24) is 15.1 Å². The van der Waals surface area contributed by atoms with Gasteiger partial charge in [0.15, 0.2) is 0 Å². The molecule has 3 heterocycles. The van der Waals surface area contributed by atoms with E-state index >= 15 is 0 Å². The molecule has 23 heavy (non-hydrogen) atoms. The minimum Gasteiger partial charge on any atom is -0.330 e. The van der Waals surface area contributed by atoms with E-state index in [0.29, 0.717) is 12.0 Å². The van der Waals surface area contributed by atoms with Crippen molar-refractivity contribution in [2.75, 3.05) is 26.2 Å². The molecule has 2 aliphatic rings. The van der Waals surface area contributed by atoms with E-state index in [1.54, 1.807) is 11.3 Å². The van der Waals surface area contributed by atoms with Crippen LogP contribution >= 0.6 is 11.3 Å². The van der Waals surface area contributed by atoms with Crippen molar-refractivity contribution in [3.8, 4) is 0 Å². The fraction of sp³-hybridized carbons (Fsp3) is 0.611. The average molecular weight is 334 g/mol. The molecule has 0 bridgehead atoms. The monoisotopic (exact) mass is 333 g/mol. The van der Waals surface area contributed by atoms with Crippen LogP contribution in [0, 0.1) is 5.92 Å². The number of amides is 2. The Morgan fingerprint density at radius 1 is 1.39 bits per heavy atom. The summed E-state index contributed by atoms with van der Waals surface area (Å²) in [5.74, 6) is 0.560. The molecule has 0 saturated carbocycles. The van der Waals surface area contributed by atoms with Crippen molar-refractivity contribution in [2.24, 2.45) is 5.92 Å². The summed E-state index contributed by atoms with van der Waals surface area (Å²) in [6.45, 7) is 8.20. The van der Waals surface area contributed by atoms with Crippen molar-refractivity contribution in [2.45, 2.75) is 38.8 Å². The van der Waals surface area contributed by atoms with Gasteiger partial charge in [0, 0.05) is 37.1 Å². The van der Waals surface area contributed by atoms with Crippen LogP contribution in [0.25, 0.3) is 0 Å². The maximum atomic E-state index is 12.7. The fourth-order valence-electron chi connectivity index (χ4n) is 3.46. The number of thiophene rings is 1. The molecular formula is C18H27N3OS. The highest BCUT2D eigenvalue weighted by molar-refractivity contribution is 7.10. The van der Waals surface area contributed by atoms with E-state index in [-0.39, 0.29) is 12.1 Å². The summed E-state index contributed by atoms with van der Waals surface area (Å²) in [6, 6.07) is 4.93. The molecule has 1 aromatic rings. The van der Waals surface area contributed by atoms with Gasteiger partial charge in [-0.2, -0.15) is 0 Å². The second kappa shape index (κ2) is 7.49. The molecule has 2 amide bonds. The summed E-state index contributed by atoms with van der Waals surface area (Å²) in [7, 11) is 0. The van der Waals surface area contributed by atoms with Crippen molar-refractivity contribution in [1.29, 1.82) is 0 Å². The average Bonchev–Trinajstić information content (AvgIpc) is 3.25. The van der Waals surface area contributed by atoms with Crippen LogP contribution in [0.5, 0.6) is 0 Å². The highest BCUT2D eigenvalue weighted by atomic mass is 32.1. The molecule has 0 aliphatic carbocycles. The smallest absolute Gasteiger partial charge is 0.317 e. The molecular weight excluding hydrogens is 306 g/mol. The lowest BCUT2D eigenvalue weighted by Gasteiger charge is -2.26. The summed E-state index contributed by atoms with van der Waals surface area (Å²) >= 11 is 1.73. The lowest BCUT2D eigenvalue weighted by molar-refractivity contribution is 0.195. The third-order valence-corrected chi connectivity index (χ3v) is 5.69. The maximum absolute atomic E-state index is 12.7. The molecule has 0 spiro atoms. The van der Waals surface area contributed by atoms with Gasteiger partial charge in [0.2, 0.25) is 0 Å². The Morgan fingerprint density at radius 3 is 2.83 bits per heavy atom. The normalized spacial score (nSPS) is 22.9. The second-order valence-corrected chi connectivity index (χ2v) is 7.94. The number of carbonyl (C=O) groups is 1. The van der Waals surface area contributed by atoms with Crippen molar-refractivity contribution in [3.63, 3.8) is 0 Å². The molecule has 1 fully saturated rings. The first kappa shape index (κ1) is 16.5. The van der Waals surface area contributed by atoms with E-state index in [1.165, 1.54) is 4.88 Å². The van der Waals surface area contributed by atoms with Gasteiger partial charge in [0.1, 0.15) is 0 Å². The topological polar surface area (TPSA) is 35.6 Å². The van der Waals surface area contributed by atoms with E-state index in [0.717, 1.165) is 39.0 Å². The fourth-order valence-corrected chi connectivity index (χ4v) is 4.26. The van der Waals surface area contributed by atoms with E-state index < -0.39 is 0 Å². The van der Waals surface area contributed by atoms with Crippen molar-refractivity contribution in [3.05, 3.63) is 34.5 Å². The van der Waals surface area contributed by atoms with Crippen LogP contribution < -0.4 is 5.32 Å². The Morgan fingerprint density at radius 2 is 2.17 bits per heavy atom. The minimum atomic E-state index is 0.0960. The lowest BCUT2D eigenvalue weighted by Crippen LogP contribution is -2.43. The third kappa shape index (κ3) is 4.15. The highest BCUT2D eigenvalue weighted by Crippen LogP contribution is 2.26. The van der Waals surface area contributed by atoms with Crippen molar-refractivity contribution >= 4 is 17.4 Å². The first-order valence-corrected chi connectivity index (χ1v) is 9.49. The number of hydrogen-bond donors (Lipinski definition) is 1. The molecule has 0 aromatic carbocycles. The van der Waals surface area contributed by atoms with Crippen LogP contribution in [-0.4, -0.2) is 48.1 Å². The largest absolute Gasteiger partial charge is 0.330 e. The molecule has 5 heteroatoms. The van der Waals surface area contributed by atoms with Crippen molar-refractivity contribution < 1.29 is 4.79 Å². The number of nitrogens with one attached hydrogen (secondary N) is 1. The third-order valence-electron chi connectivity index (χ3n) is 4.70. The van der Waals surface area contributed by atoms with E-state index in [9.17, 15) is 4.79 Å². The molecule has 4 nitrogen and oxygen atoms in total. The lowest BCUT2D eigenvalue weighted by atomic mass is 10.0. The Kier molecular flexibility index (Phi) is 5.38. The Balaban J connectivity index is 1.56. The van der Waals surface area contributed by atoms with Gasteiger partial charge in [0.25, 0.3) is 0 Å². The van der Waals surface area contributed by atoms with Crippen LogP contribution in [0.2, 0.25) is 0 Å². The molecule has 1 aromatic heterocycles. The van der Waals surface area contributed by atoms with Gasteiger partial charge in [-0.15, -0.1) is 11.3 Å². The maximum Gasteiger partial charge on any atom is 0.317 e. The predicted molar refractivity (Wildman–Crippen MR) is 95.7 cm³/mol. The van der Waals surface area contributed by atoms with Gasteiger partial charge in [-0.25, -0.2) is 4.79 Å². The molecule has 1 N–H and O–H groups in total. The zero-order valence-electron chi connectivity index (χ0n) is 14.1. The second-order valence-electron chi connectivity index (χ2n) is 6.96. The predicted octanol–water partition coefficient (Wildman–Crippen LogP) is 3.49. The van der Waals surface area contributed by atoms with E-state index in [1.807, 2.05) is 4.90 Å². The standard InChI is InChI=1S/C18H27N3OS/c1-14(2)12-16(17-6-5-11-23-17)19-18(22)21-10-7-15(13-21)20-8-3-4-9-20/h3-6,11,14-16H,7-10,12-13H2,1-2H3,(H,19,22). The minimum absolute atomic E-state index is 0.0960. The Labute approximate surface area is 143 Å². The van der Waals surface area contributed by atoms with E-state index in [2.05, 4.69) is 53.7 Å². The molecule has 2 unspecified atom stereocenters. The zero-order chi connectivity index (χ0) is 16.2. The summed E-state index contributed by atoms with van der Waals surface area (Å²) in [4.78, 5) is 18.4. The number of rotatable bonds is 5. The number of nitrogens with zero attached hydrogens (tertiary/aromatic N) is 2. The SMILES string of the molecule is CC(C)CC(NC(=O)N1CCC(N2CC=CC2)C1)c1cccs1. The first-order chi connectivity index (χ1) is 11.1. The molecule has 2 atom stereocenters.